The smallest absolute Gasteiger partial charge is 0.121 e. The van der Waals surface area contributed by atoms with Crippen molar-refractivity contribution in [1.29, 1.82) is 0 Å². The predicted octanol–water partition coefficient (Wildman–Crippen LogP) is 2.32. The van der Waals surface area contributed by atoms with Gasteiger partial charge in [-0.15, -0.1) is 0 Å². The Kier molecular flexibility index (Phi) is 3.66. The summed E-state index contributed by atoms with van der Waals surface area (Å²) in [7, 11) is 2.18. The van der Waals surface area contributed by atoms with E-state index in [1.54, 1.807) is 0 Å². The quantitative estimate of drug-likeness (QED) is 0.835. The summed E-state index contributed by atoms with van der Waals surface area (Å²) in [5.74, 6) is 2.60. The second kappa shape index (κ2) is 5.02. The summed E-state index contributed by atoms with van der Waals surface area (Å²) in [4.78, 5) is 2.39. The van der Waals surface area contributed by atoms with E-state index in [-0.39, 0.29) is 0 Å². The fourth-order valence-corrected chi connectivity index (χ4v) is 2.73. The molecule has 2 rings (SSSR count). The van der Waals surface area contributed by atoms with Crippen molar-refractivity contribution in [2.45, 2.75) is 32.2 Å². The molecule has 0 radical (unpaired) electrons. The first-order chi connectivity index (χ1) is 7.72. The van der Waals surface area contributed by atoms with Crippen molar-refractivity contribution in [2.75, 3.05) is 20.1 Å². The van der Waals surface area contributed by atoms with Gasteiger partial charge in [-0.2, -0.15) is 0 Å². The summed E-state index contributed by atoms with van der Waals surface area (Å²) < 4.78 is 5.78. The summed E-state index contributed by atoms with van der Waals surface area (Å²) in [6, 6.07) is 4.51. The first-order valence-corrected chi connectivity index (χ1v) is 6.19. The number of nitrogens with zero attached hydrogens (tertiary/aromatic N) is 1. The molecule has 0 saturated carbocycles. The molecule has 1 saturated heterocycles. The van der Waals surface area contributed by atoms with Gasteiger partial charge in [-0.05, 0) is 58.0 Å². The first-order valence-electron chi connectivity index (χ1n) is 6.19. The number of hydrogen-bond acceptors (Lipinski definition) is 3. The number of likely N-dealkylation sites (tertiary alicyclic amines) is 1. The molecule has 0 amide bonds. The Bertz CT molecular complexity index is 334. The molecule has 2 N–H and O–H groups in total. The minimum absolute atomic E-state index is 0.362. The topological polar surface area (TPSA) is 42.4 Å². The average molecular weight is 222 g/mol. The lowest BCUT2D eigenvalue weighted by Gasteiger charge is -2.29. The molecule has 0 spiro atoms. The second-order valence-electron chi connectivity index (χ2n) is 4.87. The fourth-order valence-electron chi connectivity index (χ4n) is 2.73. The Morgan fingerprint density at radius 1 is 1.44 bits per heavy atom. The van der Waals surface area contributed by atoms with Crippen molar-refractivity contribution in [1.82, 2.24) is 4.90 Å². The van der Waals surface area contributed by atoms with E-state index < -0.39 is 0 Å². The van der Waals surface area contributed by atoms with E-state index in [0.717, 1.165) is 24.6 Å². The van der Waals surface area contributed by atoms with Crippen LogP contribution in [0.4, 0.5) is 0 Å². The lowest BCUT2D eigenvalue weighted by Crippen LogP contribution is -2.32. The Morgan fingerprint density at radius 3 is 2.88 bits per heavy atom. The molecule has 1 aromatic rings. The summed E-state index contributed by atoms with van der Waals surface area (Å²) in [5, 5.41) is 0. The molecular weight excluding hydrogens is 200 g/mol. The van der Waals surface area contributed by atoms with E-state index in [2.05, 4.69) is 18.0 Å². The number of aryl methyl sites for hydroxylation is 1. The van der Waals surface area contributed by atoms with Crippen LogP contribution in [0.25, 0.3) is 0 Å². The van der Waals surface area contributed by atoms with E-state index in [4.69, 9.17) is 10.2 Å². The van der Waals surface area contributed by atoms with E-state index in [1.165, 1.54) is 19.3 Å². The van der Waals surface area contributed by atoms with Crippen LogP contribution in [-0.2, 0) is 0 Å². The standard InChI is InChI=1S/C13H22N2O/c1-10-6-7-12(16-10)13-11(9-14)5-3-4-8-15(13)2/h6-7,11,13H,3-5,8-9,14H2,1-2H3. The zero-order chi connectivity index (χ0) is 11.5. The van der Waals surface area contributed by atoms with Crippen LogP contribution in [0.5, 0.6) is 0 Å². The van der Waals surface area contributed by atoms with Gasteiger partial charge in [-0.1, -0.05) is 6.42 Å². The third-order valence-corrected chi connectivity index (χ3v) is 3.61. The Balaban J connectivity index is 2.25. The largest absolute Gasteiger partial charge is 0.465 e. The van der Waals surface area contributed by atoms with Gasteiger partial charge in [0.05, 0.1) is 6.04 Å². The van der Waals surface area contributed by atoms with Gasteiger partial charge in [0.25, 0.3) is 0 Å². The average Bonchev–Trinajstić information content (AvgIpc) is 2.59. The Morgan fingerprint density at radius 2 is 2.25 bits per heavy atom. The van der Waals surface area contributed by atoms with Crippen molar-refractivity contribution in [3.63, 3.8) is 0 Å². The monoisotopic (exact) mass is 222 g/mol. The van der Waals surface area contributed by atoms with Crippen molar-refractivity contribution in [3.8, 4) is 0 Å². The maximum absolute atomic E-state index is 5.90. The molecule has 1 aliphatic heterocycles. The maximum atomic E-state index is 5.90. The van der Waals surface area contributed by atoms with Gasteiger partial charge in [0, 0.05) is 0 Å². The van der Waals surface area contributed by atoms with Crippen molar-refractivity contribution < 1.29 is 4.42 Å². The Hall–Kier alpha value is -0.800. The van der Waals surface area contributed by atoms with Crippen LogP contribution in [0, 0.1) is 12.8 Å². The maximum Gasteiger partial charge on any atom is 0.121 e. The molecule has 90 valence electrons. The molecule has 16 heavy (non-hydrogen) atoms. The predicted molar refractivity (Wildman–Crippen MR) is 65.2 cm³/mol. The summed E-state index contributed by atoms with van der Waals surface area (Å²) >= 11 is 0. The molecule has 2 heterocycles. The Labute approximate surface area is 97.6 Å². The lowest BCUT2D eigenvalue weighted by molar-refractivity contribution is 0.167. The number of nitrogens with two attached hydrogens (primary N) is 1. The molecule has 1 aromatic heterocycles. The molecule has 1 aliphatic rings. The number of furan rings is 1. The van der Waals surface area contributed by atoms with Gasteiger partial charge in [0.2, 0.25) is 0 Å². The summed E-state index contributed by atoms with van der Waals surface area (Å²) in [5.41, 5.74) is 5.90. The van der Waals surface area contributed by atoms with E-state index in [0.29, 0.717) is 12.0 Å². The van der Waals surface area contributed by atoms with Gasteiger partial charge >= 0.3 is 0 Å². The highest BCUT2D eigenvalue weighted by molar-refractivity contribution is 5.11. The molecule has 0 bridgehead atoms. The van der Waals surface area contributed by atoms with Crippen LogP contribution in [0.3, 0.4) is 0 Å². The van der Waals surface area contributed by atoms with E-state index in [1.807, 2.05) is 13.0 Å². The highest BCUT2D eigenvalue weighted by atomic mass is 16.3. The minimum atomic E-state index is 0.362. The molecule has 2 atom stereocenters. The summed E-state index contributed by atoms with van der Waals surface area (Å²) in [6.45, 7) is 3.88. The van der Waals surface area contributed by atoms with Gasteiger partial charge in [0.1, 0.15) is 11.5 Å². The van der Waals surface area contributed by atoms with Gasteiger partial charge < -0.3 is 10.2 Å². The molecule has 0 aliphatic carbocycles. The highest BCUT2D eigenvalue weighted by Crippen LogP contribution is 2.34. The van der Waals surface area contributed by atoms with E-state index in [9.17, 15) is 0 Å². The molecule has 3 heteroatoms. The molecule has 1 fully saturated rings. The number of hydrogen-bond donors (Lipinski definition) is 1. The van der Waals surface area contributed by atoms with Crippen LogP contribution in [0.2, 0.25) is 0 Å². The number of rotatable bonds is 2. The third-order valence-electron chi connectivity index (χ3n) is 3.61. The van der Waals surface area contributed by atoms with Crippen molar-refractivity contribution >= 4 is 0 Å². The lowest BCUT2D eigenvalue weighted by atomic mass is 9.93. The van der Waals surface area contributed by atoms with Gasteiger partial charge in [0.15, 0.2) is 0 Å². The highest BCUT2D eigenvalue weighted by Gasteiger charge is 2.30. The second-order valence-corrected chi connectivity index (χ2v) is 4.87. The van der Waals surface area contributed by atoms with Crippen molar-refractivity contribution in [3.05, 3.63) is 23.7 Å². The van der Waals surface area contributed by atoms with Crippen LogP contribution in [0.1, 0.15) is 36.8 Å². The zero-order valence-electron chi connectivity index (χ0n) is 10.3. The SMILES string of the molecule is Cc1ccc(C2C(CN)CCCCN2C)o1. The van der Waals surface area contributed by atoms with Gasteiger partial charge in [-0.3, -0.25) is 4.90 Å². The van der Waals surface area contributed by atoms with E-state index >= 15 is 0 Å². The van der Waals surface area contributed by atoms with Crippen LogP contribution >= 0.6 is 0 Å². The molecule has 0 aromatic carbocycles. The fraction of sp³-hybridized carbons (Fsp3) is 0.692. The van der Waals surface area contributed by atoms with Crippen molar-refractivity contribution in [2.24, 2.45) is 11.7 Å². The zero-order valence-corrected chi connectivity index (χ0v) is 10.3. The van der Waals surface area contributed by atoms with Crippen LogP contribution < -0.4 is 5.73 Å². The minimum Gasteiger partial charge on any atom is -0.465 e. The normalized spacial score (nSPS) is 27.9. The van der Waals surface area contributed by atoms with Gasteiger partial charge in [-0.25, -0.2) is 0 Å². The first kappa shape index (κ1) is 11.7. The van der Waals surface area contributed by atoms with Crippen LogP contribution in [0.15, 0.2) is 16.5 Å². The molecule has 3 nitrogen and oxygen atoms in total. The molecular formula is C13H22N2O. The summed E-state index contributed by atoms with van der Waals surface area (Å²) in [6.07, 6.45) is 3.76. The third kappa shape index (κ3) is 2.30. The van der Waals surface area contributed by atoms with Crippen LogP contribution in [-0.4, -0.2) is 25.0 Å². The molecule has 2 unspecified atom stereocenters.